The minimum absolute atomic E-state index is 0.0975. The predicted octanol–water partition coefficient (Wildman–Crippen LogP) is 4.12. The van der Waals surface area contributed by atoms with Gasteiger partial charge in [-0.2, -0.15) is 0 Å². The van der Waals surface area contributed by atoms with Crippen LogP contribution in [0.3, 0.4) is 0 Å². The van der Waals surface area contributed by atoms with E-state index in [0.29, 0.717) is 23.2 Å². The third-order valence-electron chi connectivity index (χ3n) is 5.61. The van der Waals surface area contributed by atoms with Crippen molar-refractivity contribution in [1.82, 2.24) is 4.57 Å². The van der Waals surface area contributed by atoms with Gasteiger partial charge in [0, 0.05) is 23.9 Å². The van der Waals surface area contributed by atoms with Gasteiger partial charge >= 0.3 is 0 Å². The molecule has 2 aromatic carbocycles. The molecule has 1 aromatic heterocycles. The summed E-state index contributed by atoms with van der Waals surface area (Å²) in [6, 6.07) is 13.3. The van der Waals surface area contributed by atoms with Crippen molar-refractivity contribution in [3.8, 4) is 5.69 Å². The molecule has 2 heterocycles. The first kappa shape index (κ1) is 21.4. The summed E-state index contributed by atoms with van der Waals surface area (Å²) >= 11 is 0. The fourth-order valence-electron chi connectivity index (χ4n) is 4.24. The lowest BCUT2D eigenvalue weighted by Crippen LogP contribution is -2.34. The highest BCUT2D eigenvalue weighted by atomic mass is 19.1. The van der Waals surface area contributed by atoms with Gasteiger partial charge < -0.3 is 14.9 Å². The van der Waals surface area contributed by atoms with Crippen LogP contribution < -0.4 is 5.56 Å². The minimum atomic E-state index is -1.03. The molecule has 1 saturated heterocycles. The molecule has 5 nitrogen and oxygen atoms in total. The van der Waals surface area contributed by atoms with Crippen molar-refractivity contribution in [1.29, 1.82) is 0 Å². The van der Waals surface area contributed by atoms with E-state index in [0.717, 1.165) is 10.9 Å². The van der Waals surface area contributed by atoms with Crippen LogP contribution in [0.15, 0.2) is 59.4 Å². The normalized spacial score (nSPS) is 21.9. The molecule has 0 radical (unpaired) electrons. The summed E-state index contributed by atoms with van der Waals surface area (Å²) in [7, 11) is 0. The van der Waals surface area contributed by atoms with E-state index in [2.05, 4.69) is 13.8 Å². The summed E-state index contributed by atoms with van der Waals surface area (Å²) in [5.74, 6) is -0.280. The summed E-state index contributed by atoms with van der Waals surface area (Å²) in [6.07, 6.45) is 1.94. The van der Waals surface area contributed by atoms with E-state index in [1.54, 1.807) is 28.8 Å². The Labute approximate surface area is 180 Å². The lowest BCUT2D eigenvalue weighted by Gasteiger charge is -2.28. The molecule has 1 fully saturated rings. The SMILES string of the molecule is CC(C)c1c(C=C[C@@H]2C[C@@H](O)CC(O)O2)n(-c2ccc(F)cc2)c(=O)c2ccccc12. The number of aliphatic hydroxyl groups excluding tert-OH is 2. The first-order chi connectivity index (χ1) is 14.8. The fraction of sp³-hybridized carbons (Fsp3) is 0.320. The van der Waals surface area contributed by atoms with E-state index in [1.807, 2.05) is 24.3 Å². The van der Waals surface area contributed by atoms with Gasteiger partial charge in [0.2, 0.25) is 0 Å². The zero-order chi connectivity index (χ0) is 22.1. The molecule has 4 rings (SSSR count). The number of ether oxygens (including phenoxy) is 1. The number of pyridine rings is 1. The third kappa shape index (κ3) is 4.32. The highest BCUT2D eigenvalue weighted by Gasteiger charge is 2.26. The van der Waals surface area contributed by atoms with Gasteiger partial charge in [-0.15, -0.1) is 0 Å². The molecule has 3 aromatic rings. The standard InChI is InChI=1S/C25H26FNO4/c1-15(2)24-20-5-3-4-6-21(20)25(30)27(17-9-7-16(26)8-10-17)22(24)12-11-19-13-18(28)14-23(29)31-19/h3-12,15,18-19,23,28-29H,13-14H2,1-2H3/t18-,19-,23?/m1/s1. The van der Waals surface area contributed by atoms with Crippen LogP contribution in [0.25, 0.3) is 22.5 Å². The van der Waals surface area contributed by atoms with Crippen LogP contribution in [0.4, 0.5) is 4.39 Å². The average Bonchev–Trinajstić information content (AvgIpc) is 2.72. The Kier molecular flexibility index (Phi) is 6.05. The van der Waals surface area contributed by atoms with Gasteiger partial charge in [0.05, 0.1) is 17.9 Å². The van der Waals surface area contributed by atoms with Gasteiger partial charge in [-0.1, -0.05) is 38.1 Å². The van der Waals surface area contributed by atoms with Gasteiger partial charge in [0.15, 0.2) is 6.29 Å². The molecule has 0 spiro atoms. The van der Waals surface area contributed by atoms with Crippen LogP contribution >= 0.6 is 0 Å². The summed E-state index contributed by atoms with van der Waals surface area (Å²) < 4.78 is 20.7. The average molecular weight is 423 g/mol. The Bertz CT molecular complexity index is 1160. The van der Waals surface area contributed by atoms with E-state index in [4.69, 9.17) is 4.74 Å². The predicted molar refractivity (Wildman–Crippen MR) is 119 cm³/mol. The van der Waals surface area contributed by atoms with Crippen LogP contribution in [0, 0.1) is 5.82 Å². The molecule has 1 aliphatic heterocycles. The summed E-state index contributed by atoms with van der Waals surface area (Å²) in [5, 5.41) is 21.3. The Balaban J connectivity index is 1.95. The van der Waals surface area contributed by atoms with Gasteiger partial charge in [-0.3, -0.25) is 9.36 Å². The fourth-order valence-corrected chi connectivity index (χ4v) is 4.24. The van der Waals surface area contributed by atoms with Gasteiger partial charge in [-0.05, 0) is 53.3 Å². The van der Waals surface area contributed by atoms with Crippen LogP contribution in [0.1, 0.15) is 43.9 Å². The largest absolute Gasteiger partial charge is 0.393 e. The third-order valence-corrected chi connectivity index (χ3v) is 5.61. The molecule has 0 saturated carbocycles. The van der Waals surface area contributed by atoms with Gasteiger partial charge in [0.1, 0.15) is 5.82 Å². The lowest BCUT2D eigenvalue weighted by molar-refractivity contribution is -0.175. The number of aliphatic hydroxyl groups is 2. The topological polar surface area (TPSA) is 71.7 Å². The lowest BCUT2D eigenvalue weighted by atomic mass is 9.93. The maximum absolute atomic E-state index is 13.6. The number of aromatic nitrogens is 1. The van der Waals surface area contributed by atoms with Crippen LogP contribution in [0.5, 0.6) is 0 Å². The number of rotatable bonds is 4. The molecule has 3 atom stereocenters. The highest BCUT2D eigenvalue weighted by molar-refractivity contribution is 5.88. The van der Waals surface area contributed by atoms with E-state index in [-0.39, 0.29) is 23.7 Å². The number of fused-ring (bicyclic) bond motifs is 1. The highest BCUT2D eigenvalue weighted by Crippen LogP contribution is 2.30. The molecule has 2 N–H and O–H groups in total. The van der Waals surface area contributed by atoms with Crippen molar-refractivity contribution < 1.29 is 19.3 Å². The Morgan fingerprint density at radius 3 is 2.39 bits per heavy atom. The van der Waals surface area contributed by atoms with Gasteiger partial charge in [0.25, 0.3) is 5.56 Å². The summed E-state index contributed by atoms with van der Waals surface area (Å²) in [6.45, 7) is 4.12. The molecular formula is C25H26FNO4. The molecule has 0 amide bonds. The molecule has 31 heavy (non-hydrogen) atoms. The molecule has 6 heteroatoms. The van der Waals surface area contributed by atoms with Crippen molar-refractivity contribution in [2.45, 2.75) is 51.1 Å². The van der Waals surface area contributed by atoms with Crippen molar-refractivity contribution in [3.63, 3.8) is 0 Å². The molecule has 162 valence electrons. The van der Waals surface area contributed by atoms with E-state index in [1.165, 1.54) is 12.1 Å². The second-order valence-electron chi connectivity index (χ2n) is 8.23. The zero-order valence-corrected chi connectivity index (χ0v) is 17.5. The number of halogens is 1. The van der Waals surface area contributed by atoms with Crippen LogP contribution in [0.2, 0.25) is 0 Å². The second kappa shape index (κ2) is 8.75. The smallest absolute Gasteiger partial charge is 0.263 e. The first-order valence-electron chi connectivity index (χ1n) is 10.5. The van der Waals surface area contributed by atoms with Crippen LogP contribution in [-0.4, -0.2) is 33.3 Å². The van der Waals surface area contributed by atoms with Crippen LogP contribution in [-0.2, 0) is 4.74 Å². The van der Waals surface area contributed by atoms with Crippen molar-refractivity contribution in [2.24, 2.45) is 0 Å². The Morgan fingerprint density at radius 1 is 1.06 bits per heavy atom. The minimum Gasteiger partial charge on any atom is -0.393 e. The van der Waals surface area contributed by atoms with Gasteiger partial charge in [-0.25, -0.2) is 4.39 Å². The summed E-state index contributed by atoms with van der Waals surface area (Å²) in [5.41, 5.74) is 2.01. The number of hydrogen-bond donors (Lipinski definition) is 2. The monoisotopic (exact) mass is 423 g/mol. The number of hydrogen-bond acceptors (Lipinski definition) is 4. The molecule has 0 aliphatic carbocycles. The number of benzene rings is 2. The van der Waals surface area contributed by atoms with E-state index >= 15 is 0 Å². The molecule has 0 bridgehead atoms. The van der Waals surface area contributed by atoms with Crippen molar-refractivity contribution in [2.75, 3.05) is 0 Å². The molecular weight excluding hydrogens is 397 g/mol. The first-order valence-corrected chi connectivity index (χ1v) is 10.5. The quantitative estimate of drug-likeness (QED) is 0.662. The molecule has 1 unspecified atom stereocenters. The summed E-state index contributed by atoms with van der Waals surface area (Å²) in [4.78, 5) is 13.5. The van der Waals surface area contributed by atoms with Crippen molar-refractivity contribution in [3.05, 3.63) is 82.0 Å². The Hall–Kier alpha value is -2.80. The van der Waals surface area contributed by atoms with E-state index < -0.39 is 18.5 Å². The second-order valence-corrected chi connectivity index (χ2v) is 8.23. The zero-order valence-electron chi connectivity index (χ0n) is 17.5. The van der Waals surface area contributed by atoms with E-state index in [9.17, 15) is 19.4 Å². The Morgan fingerprint density at radius 2 is 1.74 bits per heavy atom. The van der Waals surface area contributed by atoms with Crippen molar-refractivity contribution >= 4 is 16.8 Å². The molecule has 1 aliphatic rings. The maximum Gasteiger partial charge on any atom is 0.263 e. The number of nitrogens with zero attached hydrogens (tertiary/aromatic N) is 1. The maximum atomic E-state index is 13.6.